The fourth-order valence-electron chi connectivity index (χ4n) is 4.37. The molecule has 0 N–H and O–H groups in total. The summed E-state index contributed by atoms with van der Waals surface area (Å²) in [4.78, 5) is 38.7. The lowest BCUT2D eigenvalue weighted by molar-refractivity contribution is -0.123. The van der Waals surface area contributed by atoms with Crippen LogP contribution in [0.4, 0.5) is 5.69 Å². The number of imide groups is 1. The molecule has 4 unspecified atom stereocenters. The number of nitrogens with zero attached hydrogens (tertiary/aromatic N) is 1. The van der Waals surface area contributed by atoms with Crippen LogP contribution in [0.15, 0.2) is 59.2 Å². The molecule has 1 aromatic heterocycles. The number of ether oxygens (including phenoxy) is 1. The van der Waals surface area contributed by atoms with Crippen LogP contribution in [-0.4, -0.2) is 17.8 Å². The standard InChI is InChI=1S/C20H15NO5/c22-18-16-11-3-4-12(10-11)17(16)19(23)21(18)13-5-7-14(8-6-13)26-20(24)15-2-1-9-25-15/h1-9,11-12,16-17H,10H2. The van der Waals surface area contributed by atoms with Gasteiger partial charge in [0, 0.05) is 0 Å². The van der Waals surface area contributed by atoms with E-state index in [1.807, 2.05) is 0 Å². The molecule has 6 heteroatoms. The number of amides is 2. The van der Waals surface area contributed by atoms with E-state index in [4.69, 9.17) is 9.15 Å². The summed E-state index contributed by atoms with van der Waals surface area (Å²) in [5.41, 5.74) is 0.506. The zero-order chi connectivity index (χ0) is 17.8. The lowest BCUT2D eigenvalue weighted by Crippen LogP contribution is -2.32. The van der Waals surface area contributed by atoms with Crippen LogP contribution < -0.4 is 9.64 Å². The first-order chi connectivity index (χ1) is 12.6. The number of esters is 1. The smallest absolute Gasteiger partial charge is 0.379 e. The third kappa shape index (κ3) is 2.08. The van der Waals surface area contributed by atoms with Gasteiger partial charge in [0.25, 0.3) is 0 Å². The maximum atomic E-state index is 12.8. The van der Waals surface area contributed by atoms with E-state index in [1.165, 1.54) is 17.2 Å². The number of anilines is 1. The molecule has 1 aromatic carbocycles. The summed E-state index contributed by atoms with van der Waals surface area (Å²) < 4.78 is 10.2. The van der Waals surface area contributed by atoms with Crippen LogP contribution in [0.5, 0.6) is 5.75 Å². The van der Waals surface area contributed by atoms with Gasteiger partial charge in [-0.25, -0.2) is 4.79 Å². The van der Waals surface area contributed by atoms with Gasteiger partial charge in [-0.1, -0.05) is 12.2 Å². The van der Waals surface area contributed by atoms with Crippen molar-refractivity contribution in [3.8, 4) is 5.75 Å². The SMILES string of the molecule is O=C(Oc1ccc(N2C(=O)C3C4C=CC(C4)C3C2=O)cc1)c1ccco1. The molecule has 2 bridgehead atoms. The van der Waals surface area contributed by atoms with E-state index < -0.39 is 5.97 Å². The molecule has 6 nitrogen and oxygen atoms in total. The number of fused-ring (bicyclic) bond motifs is 5. The molecule has 2 amide bonds. The monoisotopic (exact) mass is 349 g/mol. The summed E-state index contributed by atoms with van der Waals surface area (Å²) in [5, 5.41) is 0. The van der Waals surface area contributed by atoms with Gasteiger partial charge in [0.05, 0.1) is 23.8 Å². The molecule has 1 saturated heterocycles. The molecule has 26 heavy (non-hydrogen) atoms. The molecule has 3 aliphatic rings. The molecule has 0 radical (unpaired) electrons. The van der Waals surface area contributed by atoms with E-state index in [9.17, 15) is 14.4 Å². The van der Waals surface area contributed by atoms with Gasteiger partial charge in [-0.05, 0) is 54.7 Å². The van der Waals surface area contributed by atoms with Crippen molar-refractivity contribution in [2.45, 2.75) is 6.42 Å². The van der Waals surface area contributed by atoms with Crippen LogP contribution >= 0.6 is 0 Å². The topological polar surface area (TPSA) is 76.8 Å². The van der Waals surface area contributed by atoms with Crippen LogP contribution in [0.1, 0.15) is 17.0 Å². The van der Waals surface area contributed by atoms with Gasteiger partial charge in [-0.3, -0.25) is 14.5 Å². The van der Waals surface area contributed by atoms with Crippen molar-refractivity contribution in [1.29, 1.82) is 0 Å². The van der Waals surface area contributed by atoms with Crippen LogP contribution in [-0.2, 0) is 9.59 Å². The minimum absolute atomic E-state index is 0.106. The number of furan rings is 1. The van der Waals surface area contributed by atoms with Crippen LogP contribution in [0.3, 0.4) is 0 Å². The minimum Gasteiger partial charge on any atom is -0.457 e. The normalized spacial score (nSPS) is 28.7. The number of carbonyl (C=O) groups is 3. The Hall–Kier alpha value is -3.15. The third-order valence-corrected chi connectivity index (χ3v) is 5.50. The fraction of sp³-hybridized carbons (Fsp3) is 0.250. The Morgan fingerprint density at radius 1 is 1.00 bits per heavy atom. The Morgan fingerprint density at radius 3 is 2.23 bits per heavy atom. The van der Waals surface area contributed by atoms with E-state index in [1.54, 1.807) is 30.3 Å². The summed E-state index contributed by atoms with van der Waals surface area (Å²) in [6.07, 6.45) is 6.43. The number of hydrogen-bond acceptors (Lipinski definition) is 5. The number of allylic oxidation sites excluding steroid dienone is 2. The average molecular weight is 349 g/mol. The Balaban J connectivity index is 1.36. The van der Waals surface area contributed by atoms with Crippen molar-refractivity contribution in [3.63, 3.8) is 0 Å². The zero-order valence-corrected chi connectivity index (χ0v) is 13.7. The molecule has 2 heterocycles. The highest BCUT2D eigenvalue weighted by Gasteiger charge is 2.59. The largest absolute Gasteiger partial charge is 0.457 e. The molecule has 5 rings (SSSR count). The molecule has 2 aliphatic carbocycles. The van der Waals surface area contributed by atoms with Gasteiger partial charge in [0.2, 0.25) is 17.6 Å². The Kier molecular flexibility index (Phi) is 3.16. The van der Waals surface area contributed by atoms with Gasteiger partial charge in [-0.15, -0.1) is 0 Å². The lowest BCUT2D eigenvalue weighted by Gasteiger charge is -2.17. The van der Waals surface area contributed by atoms with Gasteiger partial charge in [0.15, 0.2) is 0 Å². The van der Waals surface area contributed by atoms with Gasteiger partial charge < -0.3 is 9.15 Å². The molecule has 2 aromatic rings. The maximum Gasteiger partial charge on any atom is 0.379 e. The first-order valence-corrected chi connectivity index (χ1v) is 8.55. The van der Waals surface area contributed by atoms with Crippen LogP contribution in [0.25, 0.3) is 0 Å². The Morgan fingerprint density at radius 2 is 1.65 bits per heavy atom. The summed E-state index contributed by atoms with van der Waals surface area (Å²) in [6.45, 7) is 0. The molecule has 1 saturated carbocycles. The average Bonchev–Trinajstić information content (AvgIpc) is 3.41. The van der Waals surface area contributed by atoms with E-state index in [-0.39, 0.29) is 41.2 Å². The quantitative estimate of drug-likeness (QED) is 0.369. The predicted octanol–water partition coefficient (Wildman–Crippen LogP) is 2.81. The first kappa shape index (κ1) is 15.1. The highest BCUT2D eigenvalue weighted by molar-refractivity contribution is 6.22. The van der Waals surface area contributed by atoms with Crippen molar-refractivity contribution in [2.75, 3.05) is 4.90 Å². The number of benzene rings is 1. The van der Waals surface area contributed by atoms with Gasteiger partial charge in [0.1, 0.15) is 5.75 Å². The van der Waals surface area contributed by atoms with E-state index >= 15 is 0 Å². The maximum absolute atomic E-state index is 12.8. The zero-order valence-electron chi connectivity index (χ0n) is 13.7. The highest BCUT2D eigenvalue weighted by Crippen LogP contribution is 2.53. The Bertz CT molecular complexity index is 898. The van der Waals surface area contributed by atoms with E-state index in [0.29, 0.717) is 11.4 Å². The third-order valence-electron chi connectivity index (χ3n) is 5.50. The predicted molar refractivity (Wildman–Crippen MR) is 90.3 cm³/mol. The molecule has 2 fully saturated rings. The summed E-state index contributed by atoms with van der Waals surface area (Å²) in [5.74, 6) is -0.531. The Labute approximate surface area is 149 Å². The first-order valence-electron chi connectivity index (χ1n) is 8.55. The second kappa shape index (κ2) is 5.42. The summed E-state index contributed by atoms with van der Waals surface area (Å²) in [6, 6.07) is 9.49. The van der Waals surface area contributed by atoms with Crippen molar-refractivity contribution < 1.29 is 23.5 Å². The van der Waals surface area contributed by atoms with Crippen molar-refractivity contribution in [1.82, 2.24) is 0 Å². The highest BCUT2D eigenvalue weighted by atomic mass is 16.5. The number of hydrogen-bond donors (Lipinski definition) is 0. The minimum atomic E-state index is -0.603. The summed E-state index contributed by atoms with van der Waals surface area (Å²) >= 11 is 0. The van der Waals surface area contributed by atoms with Gasteiger partial charge in [-0.2, -0.15) is 0 Å². The van der Waals surface area contributed by atoms with Crippen LogP contribution in [0.2, 0.25) is 0 Å². The number of rotatable bonds is 3. The van der Waals surface area contributed by atoms with Gasteiger partial charge >= 0.3 is 5.97 Å². The van der Waals surface area contributed by atoms with Crippen molar-refractivity contribution in [3.05, 3.63) is 60.6 Å². The molecule has 4 atom stereocenters. The second-order valence-electron chi connectivity index (χ2n) is 6.87. The fourth-order valence-corrected chi connectivity index (χ4v) is 4.37. The molecule has 130 valence electrons. The molecular weight excluding hydrogens is 334 g/mol. The molecular formula is C20H15NO5. The van der Waals surface area contributed by atoms with E-state index in [2.05, 4.69) is 12.2 Å². The van der Waals surface area contributed by atoms with Crippen molar-refractivity contribution in [2.24, 2.45) is 23.7 Å². The molecule has 1 aliphatic heterocycles. The van der Waals surface area contributed by atoms with Crippen LogP contribution in [0, 0.1) is 23.7 Å². The summed E-state index contributed by atoms with van der Waals surface area (Å²) in [7, 11) is 0. The second-order valence-corrected chi connectivity index (χ2v) is 6.87. The number of carbonyl (C=O) groups excluding carboxylic acids is 3. The van der Waals surface area contributed by atoms with E-state index in [0.717, 1.165) is 6.42 Å². The lowest BCUT2D eigenvalue weighted by atomic mass is 9.85. The van der Waals surface area contributed by atoms with Crippen molar-refractivity contribution >= 4 is 23.5 Å². The molecule has 0 spiro atoms.